The van der Waals surface area contributed by atoms with Crippen LogP contribution in [0.4, 0.5) is 11.4 Å². The van der Waals surface area contributed by atoms with Gasteiger partial charge in [-0.1, -0.05) is 35.5 Å². The fourth-order valence-corrected chi connectivity index (χ4v) is 4.97. The van der Waals surface area contributed by atoms with Crippen LogP contribution in [0.3, 0.4) is 0 Å². The number of hydrogen-bond acceptors (Lipinski definition) is 8. The quantitative estimate of drug-likeness (QED) is 0.326. The fraction of sp³-hybridized carbons (Fsp3) is 0.207. The summed E-state index contributed by atoms with van der Waals surface area (Å²) in [6.07, 6.45) is -3.22. The summed E-state index contributed by atoms with van der Waals surface area (Å²) in [5.74, 6) is -2.04. The van der Waals surface area contributed by atoms with Crippen molar-refractivity contribution in [2.24, 2.45) is 0 Å². The Bertz CT molecular complexity index is 1650. The zero-order valence-electron chi connectivity index (χ0n) is 21.6. The van der Waals surface area contributed by atoms with Crippen LogP contribution >= 0.6 is 0 Å². The molecule has 3 heterocycles. The number of carbonyl (C=O) groups excluding carboxylic acids is 3. The number of amides is 3. The molecule has 4 aromatic rings. The Morgan fingerprint density at radius 3 is 2.41 bits per heavy atom. The minimum atomic E-state index is -1.79. The maximum Gasteiger partial charge on any atom is 0.439 e. The topological polar surface area (TPSA) is 158 Å². The van der Waals surface area contributed by atoms with Crippen LogP contribution in [-0.2, 0) is 27.4 Å². The van der Waals surface area contributed by atoms with E-state index in [-0.39, 0.29) is 24.9 Å². The van der Waals surface area contributed by atoms with Crippen LogP contribution in [0.25, 0.3) is 11.4 Å². The third-order valence-electron chi connectivity index (χ3n) is 7.08. The molecule has 0 bridgehead atoms. The zero-order valence-corrected chi connectivity index (χ0v) is 21.6. The van der Waals surface area contributed by atoms with Gasteiger partial charge in [-0.3, -0.25) is 23.9 Å². The van der Waals surface area contributed by atoms with E-state index in [1.165, 1.54) is 4.90 Å². The van der Waals surface area contributed by atoms with Gasteiger partial charge in [-0.05, 0) is 53.6 Å². The third-order valence-corrected chi connectivity index (χ3v) is 7.08. The maximum absolute atomic E-state index is 13.3. The molecule has 41 heavy (non-hydrogen) atoms. The smallest absolute Gasteiger partial charge is 0.380 e. The van der Waals surface area contributed by atoms with Crippen molar-refractivity contribution in [3.63, 3.8) is 0 Å². The third kappa shape index (κ3) is 5.25. The number of hydrogen-bond donors (Lipinski definition) is 3. The monoisotopic (exact) mass is 555 g/mol. The second-order valence-corrected chi connectivity index (χ2v) is 9.72. The van der Waals surface area contributed by atoms with Crippen molar-refractivity contribution >= 4 is 29.1 Å². The van der Waals surface area contributed by atoms with Crippen molar-refractivity contribution in [3.8, 4) is 11.4 Å². The summed E-state index contributed by atoms with van der Waals surface area (Å²) in [5, 5.41) is 16.9. The Balaban J connectivity index is 1.12. The van der Waals surface area contributed by atoms with Gasteiger partial charge in [-0.2, -0.15) is 0 Å². The lowest BCUT2D eigenvalue weighted by atomic mass is 10.1. The first-order chi connectivity index (χ1) is 19.9. The molecule has 1 fully saturated rings. The van der Waals surface area contributed by atoms with E-state index in [1.807, 2.05) is 24.3 Å². The van der Waals surface area contributed by atoms with Gasteiger partial charge in [0, 0.05) is 42.1 Å². The minimum Gasteiger partial charge on any atom is -0.380 e. The summed E-state index contributed by atoms with van der Waals surface area (Å²) in [6, 6.07) is 20.9. The summed E-state index contributed by atoms with van der Waals surface area (Å²) in [4.78, 5) is 56.1. The Hall–Kier alpha value is -5.07. The number of nitrogens with zero attached hydrogens (tertiary/aromatic N) is 3. The first-order valence-corrected chi connectivity index (χ1v) is 12.9. The van der Waals surface area contributed by atoms with Gasteiger partial charge in [0.25, 0.3) is 17.7 Å². The van der Waals surface area contributed by atoms with Crippen LogP contribution < -0.4 is 16.0 Å². The molecule has 2 atom stereocenters. The van der Waals surface area contributed by atoms with Crippen LogP contribution in [0.2, 0.25) is 0 Å². The van der Waals surface area contributed by atoms with Gasteiger partial charge in [0.2, 0.25) is 0 Å². The molecule has 0 aliphatic carbocycles. The highest BCUT2D eigenvalue weighted by Crippen LogP contribution is 2.27. The molecule has 2 aliphatic rings. The number of H-pyrrole nitrogens is 1. The lowest BCUT2D eigenvalue weighted by Gasteiger charge is -2.34. The number of aliphatic hydroxyl groups excluding tert-OH is 1. The largest absolute Gasteiger partial charge is 0.439 e. The van der Waals surface area contributed by atoms with Crippen LogP contribution in [0.5, 0.6) is 0 Å². The van der Waals surface area contributed by atoms with Gasteiger partial charge in [0.1, 0.15) is 0 Å². The van der Waals surface area contributed by atoms with Crippen LogP contribution in [-0.4, -0.2) is 63.2 Å². The van der Waals surface area contributed by atoms with Gasteiger partial charge in [-0.15, -0.1) is 0 Å². The first-order valence-electron chi connectivity index (χ1n) is 12.9. The standard InChI is InChI=1S/C29H25N5O7/c35-23(26(36)30-21-10-8-17(9-11-21)25-31-29(39)41-32-25)24-28(38)34(12-13-40-24)22-7-3-6-18(14-22)27(37)33-15-19-4-1-2-5-20(19)16-33/h1-11,14,23-24,35H,12-13,15-16H2,(H,30,36)(H,31,32,39). The van der Waals surface area contributed by atoms with Gasteiger partial charge < -0.3 is 25.0 Å². The molecule has 0 saturated carbocycles. The molecule has 12 heteroatoms. The van der Waals surface area contributed by atoms with E-state index in [9.17, 15) is 24.3 Å². The Labute approximate surface area is 233 Å². The van der Waals surface area contributed by atoms with Crippen molar-refractivity contribution in [1.29, 1.82) is 0 Å². The van der Waals surface area contributed by atoms with Gasteiger partial charge in [0.15, 0.2) is 18.0 Å². The molecule has 6 rings (SSSR count). The molecular weight excluding hydrogens is 530 g/mol. The van der Waals surface area contributed by atoms with Crippen molar-refractivity contribution in [3.05, 3.63) is 100 Å². The fourth-order valence-electron chi connectivity index (χ4n) is 4.97. The first kappa shape index (κ1) is 26.2. The maximum atomic E-state index is 13.3. The van der Waals surface area contributed by atoms with Crippen molar-refractivity contribution in [2.75, 3.05) is 23.4 Å². The molecule has 2 aliphatic heterocycles. The molecule has 0 spiro atoms. The van der Waals surface area contributed by atoms with Crippen molar-refractivity contribution in [1.82, 2.24) is 15.0 Å². The van der Waals surface area contributed by atoms with Crippen LogP contribution in [0.1, 0.15) is 21.5 Å². The molecule has 1 saturated heterocycles. The van der Waals surface area contributed by atoms with Gasteiger partial charge in [0.05, 0.1) is 6.61 Å². The van der Waals surface area contributed by atoms with E-state index in [2.05, 4.69) is 20.0 Å². The number of nitrogens with one attached hydrogen (secondary N) is 2. The molecule has 1 aromatic heterocycles. The summed E-state index contributed by atoms with van der Waals surface area (Å²) >= 11 is 0. The summed E-state index contributed by atoms with van der Waals surface area (Å²) < 4.78 is 9.99. The van der Waals surface area contributed by atoms with E-state index in [1.54, 1.807) is 53.4 Å². The second kappa shape index (κ2) is 10.8. The number of fused-ring (bicyclic) bond motifs is 1. The number of carbonyl (C=O) groups is 3. The lowest BCUT2D eigenvalue weighted by Crippen LogP contribution is -2.55. The van der Waals surface area contributed by atoms with E-state index in [4.69, 9.17) is 4.74 Å². The Morgan fingerprint density at radius 2 is 1.73 bits per heavy atom. The highest BCUT2D eigenvalue weighted by Gasteiger charge is 2.39. The molecule has 3 aromatic carbocycles. The van der Waals surface area contributed by atoms with Gasteiger partial charge in [-0.25, -0.2) is 4.79 Å². The number of rotatable bonds is 6. The predicted molar refractivity (Wildman–Crippen MR) is 146 cm³/mol. The number of ether oxygens (including phenoxy) is 1. The molecule has 3 N–H and O–H groups in total. The highest BCUT2D eigenvalue weighted by atomic mass is 16.5. The molecule has 0 radical (unpaired) electrons. The van der Waals surface area contributed by atoms with E-state index < -0.39 is 29.8 Å². The zero-order chi connectivity index (χ0) is 28.5. The minimum absolute atomic E-state index is 0.0882. The van der Waals surface area contributed by atoms with E-state index in [0.717, 1.165) is 11.1 Å². The Kier molecular flexibility index (Phi) is 6.91. The molecular formula is C29H25N5O7. The average Bonchev–Trinajstić information content (AvgIpc) is 3.63. The normalized spacial score (nSPS) is 17.3. The lowest BCUT2D eigenvalue weighted by molar-refractivity contribution is -0.150. The van der Waals surface area contributed by atoms with Crippen LogP contribution in [0, 0.1) is 0 Å². The van der Waals surface area contributed by atoms with E-state index >= 15 is 0 Å². The van der Waals surface area contributed by atoms with Crippen LogP contribution in [0.15, 0.2) is 82.1 Å². The number of aromatic nitrogens is 2. The van der Waals surface area contributed by atoms with Crippen molar-refractivity contribution in [2.45, 2.75) is 25.3 Å². The summed E-state index contributed by atoms with van der Waals surface area (Å²) in [6.45, 7) is 1.32. The molecule has 2 unspecified atom stereocenters. The predicted octanol–water partition coefficient (Wildman–Crippen LogP) is 1.92. The number of aromatic amines is 1. The molecule has 208 valence electrons. The van der Waals surface area contributed by atoms with Gasteiger partial charge >= 0.3 is 5.76 Å². The summed E-state index contributed by atoms with van der Waals surface area (Å²) in [5.41, 5.74) is 4.02. The SMILES string of the molecule is O=C(Nc1ccc(-c2noc(=O)[nH]2)cc1)C(O)C1OCCN(c2cccc(C(=O)N3Cc4ccccc4C3)c2)C1=O. The average molecular weight is 556 g/mol. The van der Waals surface area contributed by atoms with Crippen molar-refractivity contribution < 1.29 is 28.8 Å². The number of morpholine rings is 1. The highest BCUT2D eigenvalue weighted by molar-refractivity contribution is 6.04. The second-order valence-electron chi connectivity index (χ2n) is 9.72. The molecule has 12 nitrogen and oxygen atoms in total. The number of benzene rings is 3. The molecule has 3 amide bonds. The number of anilines is 2. The number of aliphatic hydroxyl groups is 1. The Morgan fingerprint density at radius 1 is 1.00 bits per heavy atom. The van der Waals surface area contributed by atoms with E-state index in [0.29, 0.717) is 35.6 Å². The summed E-state index contributed by atoms with van der Waals surface area (Å²) in [7, 11) is 0.